The number of benzene rings is 1. The molecule has 1 aromatic heterocycles. The quantitative estimate of drug-likeness (QED) is 0.766. The lowest BCUT2D eigenvalue weighted by atomic mass is 10.1. The van der Waals surface area contributed by atoms with Crippen LogP contribution in [0, 0.1) is 17.6 Å². The van der Waals surface area contributed by atoms with E-state index in [4.69, 9.17) is 9.26 Å². The van der Waals surface area contributed by atoms with Crippen molar-refractivity contribution in [2.45, 2.75) is 33.8 Å². The lowest BCUT2D eigenvalue weighted by Gasteiger charge is -2.09. The van der Waals surface area contributed by atoms with Crippen molar-refractivity contribution in [3.63, 3.8) is 0 Å². The van der Waals surface area contributed by atoms with E-state index in [1.165, 1.54) is 6.92 Å². The number of hydrogen-bond acceptors (Lipinski definition) is 5. The van der Waals surface area contributed by atoms with Gasteiger partial charge in [0, 0.05) is 18.6 Å². The van der Waals surface area contributed by atoms with Gasteiger partial charge in [-0.25, -0.2) is 8.78 Å². The molecule has 0 aliphatic rings. The molecular formula is C15H16F2N2O3. The van der Waals surface area contributed by atoms with Crippen LogP contribution in [0.4, 0.5) is 8.78 Å². The Morgan fingerprint density at radius 2 is 2.09 bits per heavy atom. The first kappa shape index (κ1) is 16.1. The standard InChI is InChI=1S/C15H16F2N2O3/c1-8(2)4-13-18-14(22-19-13)7-21-12-6-10(16)5-11(17)15(12)9(3)20/h5-6,8H,4,7H2,1-3H3. The number of nitrogens with zero attached hydrogens (tertiary/aromatic N) is 2. The molecule has 0 aliphatic heterocycles. The van der Waals surface area contributed by atoms with Gasteiger partial charge in [0.15, 0.2) is 18.2 Å². The minimum absolute atomic E-state index is 0.172. The molecule has 0 bridgehead atoms. The highest BCUT2D eigenvalue weighted by Gasteiger charge is 2.18. The molecule has 0 saturated heterocycles. The van der Waals surface area contributed by atoms with Crippen LogP contribution in [0.2, 0.25) is 0 Å². The summed E-state index contributed by atoms with van der Waals surface area (Å²) in [6.45, 7) is 5.03. The first-order valence-electron chi connectivity index (χ1n) is 6.81. The average Bonchev–Trinajstić information content (AvgIpc) is 2.81. The van der Waals surface area contributed by atoms with E-state index < -0.39 is 17.4 Å². The van der Waals surface area contributed by atoms with Crippen molar-refractivity contribution < 1.29 is 22.8 Å². The van der Waals surface area contributed by atoms with Gasteiger partial charge in [-0.1, -0.05) is 19.0 Å². The second-order valence-corrected chi connectivity index (χ2v) is 5.31. The van der Waals surface area contributed by atoms with Gasteiger partial charge in [0.2, 0.25) is 0 Å². The Hall–Kier alpha value is -2.31. The Morgan fingerprint density at radius 3 is 2.73 bits per heavy atom. The van der Waals surface area contributed by atoms with Crippen molar-refractivity contribution in [1.82, 2.24) is 10.1 Å². The van der Waals surface area contributed by atoms with Gasteiger partial charge in [0.25, 0.3) is 5.89 Å². The van der Waals surface area contributed by atoms with E-state index >= 15 is 0 Å². The summed E-state index contributed by atoms with van der Waals surface area (Å²) in [5.41, 5.74) is -0.302. The summed E-state index contributed by atoms with van der Waals surface area (Å²) < 4.78 is 37.2. The average molecular weight is 310 g/mol. The van der Waals surface area contributed by atoms with Crippen molar-refractivity contribution in [2.24, 2.45) is 5.92 Å². The third-order valence-electron chi connectivity index (χ3n) is 2.82. The minimum atomic E-state index is -0.964. The van der Waals surface area contributed by atoms with Crippen LogP contribution in [0.3, 0.4) is 0 Å². The number of hydrogen-bond donors (Lipinski definition) is 0. The van der Waals surface area contributed by atoms with E-state index in [-0.39, 0.29) is 23.8 Å². The fourth-order valence-corrected chi connectivity index (χ4v) is 1.94. The molecule has 7 heteroatoms. The molecule has 0 radical (unpaired) electrons. The fraction of sp³-hybridized carbons (Fsp3) is 0.400. The molecule has 118 valence electrons. The lowest BCUT2D eigenvalue weighted by Crippen LogP contribution is -2.05. The summed E-state index contributed by atoms with van der Waals surface area (Å²) >= 11 is 0. The van der Waals surface area contributed by atoms with Gasteiger partial charge in [0.1, 0.15) is 17.4 Å². The summed E-state index contributed by atoms with van der Waals surface area (Å²) in [7, 11) is 0. The van der Waals surface area contributed by atoms with E-state index in [2.05, 4.69) is 10.1 Å². The zero-order valence-corrected chi connectivity index (χ0v) is 12.5. The summed E-state index contributed by atoms with van der Waals surface area (Å²) in [6.07, 6.45) is 0.650. The lowest BCUT2D eigenvalue weighted by molar-refractivity contribution is 0.100. The van der Waals surface area contributed by atoms with E-state index in [1.807, 2.05) is 13.8 Å². The number of rotatable bonds is 6. The molecule has 0 N–H and O–H groups in total. The molecule has 1 heterocycles. The van der Waals surface area contributed by atoms with E-state index in [0.717, 1.165) is 6.07 Å². The third-order valence-corrected chi connectivity index (χ3v) is 2.82. The van der Waals surface area contributed by atoms with Crippen LogP contribution in [0.15, 0.2) is 16.7 Å². The molecule has 0 unspecified atom stereocenters. The van der Waals surface area contributed by atoms with Crippen LogP contribution >= 0.6 is 0 Å². The van der Waals surface area contributed by atoms with Crippen molar-refractivity contribution >= 4 is 5.78 Å². The number of Topliss-reactive ketones (excluding diaryl/α,β-unsaturated/α-hetero) is 1. The zero-order chi connectivity index (χ0) is 16.3. The van der Waals surface area contributed by atoms with Crippen molar-refractivity contribution in [3.8, 4) is 5.75 Å². The number of ketones is 1. The van der Waals surface area contributed by atoms with Crippen LogP contribution in [-0.2, 0) is 13.0 Å². The zero-order valence-electron chi connectivity index (χ0n) is 12.5. The van der Waals surface area contributed by atoms with Gasteiger partial charge in [-0.2, -0.15) is 4.98 Å². The maximum atomic E-state index is 13.6. The van der Waals surface area contributed by atoms with Gasteiger partial charge >= 0.3 is 0 Å². The van der Waals surface area contributed by atoms with E-state index in [9.17, 15) is 13.6 Å². The molecule has 2 aromatic rings. The number of carbonyl (C=O) groups excluding carboxylic acids is 1. The third kappa shape index (κ3) is 3.87. The molecule has 0 amide bonds. The van der Waals surface area contributed by atoms with Gasteiger partial charge in [-0.05, 0) is 12.8 Å². The molecule has 0 fully saturated rings. The van der Waals surface area contributed by atoms with Crippen LogP contribution in [0.5, 0.6) is 5.75 Å². The maximum absolute atomic E-state index is 13.6. The molecule has 0 spiro atoms. The van der Waals surface area contributed by atoms with Crippen LogP contribution in [0.1, 0.15) is 42.8 Å². The summed E-state index contributed by atoms with van der Waals surface area (Å²) in [6, 6.07) is 1.59. The second-order valence-electron chi connectivity index (χ2n) is 5.31. The van der Waals surface area contributed by atoms with Gasteiger partial charge < -0.3 is 9.26 Å². The minimum Gasteiger partial charge on any atom is -0.483 e. The van der Waals surface area contributed by atoms with Gasteiger partial charge in [-0.3, -0.25) is 4.79 Å². The molecular weight excluding hydrogens is 294 g/mol. The van der Waals surface area contributed by atoms with E-state index in [0.29, 0.717) is 24.2 Å². The number of aromatic nitrogens is 2. The fourth-order valence-electron chi connectivity index (χ4n) is 1.94. The summed E-state index contributed by atoms with van der Waals surface area (Å²) in [4.78, 5) is 15.6. The molecule has 0 aliphatic carbocycles. The number of ether oxygens (including phenoxy) is 1. The second kappa shape index (κ2) is 6.64. The van der Waals surface area contributed by atoms with Crippen molar-refractivity contribution in [2.75, 3.05) is 0 Å². The van der Waals surface area contributed by atoms with E-state index in [1.54, 1.807) is 0 Å². The number of halogens is 2. The molecule has 1 aromatic carbocycles. The first-order chi connectivity index (χ1) is 10.4. The van der Waals surface area contributed by atoms with Crippen LogP contribution in [0.25, 0.3) is 0 Å². The van der Waals surface area contributed by atoms with Gasteiger partial charge in [0.05, 0.1) is 5.56 Å². The van der Waals surface area contributed by atoms with Crippen LogP contribution < -0.4 is 4.74 Å². The smallest absolute Gasteiger partial charge is 0.264 e. The predicted molar refractivity (Wildman–Crippen MR) is 73.5 cm³/mol. The summed E-state index contributed by atoms with van der Waals surface area (Å²) in [5, 5.41) is 3.78. The normalized spacial score (nSPS) is 11.0. The topological polar surface area (TPSA) is 65.2 Å². The highest BCUT2D eigenvalue weighted by atomic mass is 19.1. The highest BCUT2D eigenvalue weighted by molar-refractivity contribution is 5.97. The maximum Gasteiger partial charge on any atom is 0.264 e. The SMILES string of the molecule is CC(=O)c1c(F)cc(F)cc1OCc1nc(CC(C)C)no1. The number of carbonyl (C=O) groups is 1. The van der Waals surface area contributed by atoms with Crippen molar-refractivity contribution in [3.05, 3.63) is 41.0 Å². The Labute approximate surface area is 126 Å². The van der Waals surface area contributed by atoms with Gasteiger partial charge in [-0.15, -0.1) is 0 Å². The molecule has 2 rings (SSSR count). The first-order valence-corrected chi connectivity index (χ1v) is 6.81. The van der Waals surface area contributed by atoms with Crippen LogP contribution in [-0.4, -0.2) is 15.9 Å². The highest BCUT2D eigenvalue weighted by Crippen LogP contribution is 2.25. The molecule has 0 saturated carbocycles. The Kier molecular flexibility index (Phi) is 4.85. The Balaban J connectivity index is 2.14. The monoisotopic (exact) mass is 310 g/mol. The molecule has 5 nitrogen and oxygen atoms in total. The Bertz CT molecular complexity index is 683. The Morgan fingerprint density at radius 1 is 1.36 bits per heavy atom. The summed E-state index contributed by atoms with van der Waals surface area (Å²) in [5.74, 6) is -1.46. The molecule has 0 atom stereocenters. The largest absolute Gasteiger partial charge is 0.483 e. The molecule has 22 heavy (non-hydrogen) atoms. The van der Waals surface area contributed by atoms with Crippen molar-refractivity contribution in [1.29, 1.82) is 0 Å². The predicted octanol–water partition coefficient (Wildman–Crippen LogP) is 3.33.